The van der Waals surface area contributed by atoms with Crippen molar-refractivity contribution in [3.05, 3.63) is 11.4 Å². The molecule has 15 heavy (non-hydrogen) atoms. The Morgan fingerprint density at radius 1 is 1.33 bits per heavy atom. The van der Waals surface area contributed by atoms with Gasteiger partial charge in [0, 0.05) is 12.0 Å². The molecule has 0 radical (unpaired) electrons. The van der Waals surface area contributed by atoms with Gasteiger partial charge < -0.3 is 0 Å². The van der Waals surface area contributed by atoms with Gasteiger partial charge in [-0.25, -0.2) is 4.68 Å². The number of rotatable bonds is 5. The van der Waals surface area contributed by atoms with Gasteiger partial charge in [0.1, 0.15) is 5.69 Å². The minimum absolute atomic E-state index is 0.252. The van der Waals surface area contributed by atoms with E-state index in [0.29, 0.717) is 11.6 Å². The maximum Gasteiger partial charge on any atom is 0.172 e. The smallest absolute Gasteiger partial charge is 0.172 e. The van der Waals surface area contributed by atoms with Crippen molar-refractivity contribution in [3.63, 3.8) is 0 Å². The van der Waals surface area contributed by atoms with Crippen LogP contribution in [-0.2, 0) is 0 Å². The average molecular weight is 209 g/mol. The van der Waals surface area contributed by atoms with E-state index in [-0.39, 0.29) is 6.04 Å². The summed E-state index contributed by atoms with van der Waals surface area (Å²) >= 11 is 0. The van der Waals surface area contributed by atoms with Crippen molar-refractivity contribution in [1.29, 1.82) is 0 Å². The summed E-state index contributed by atoms with van der Waals surface area (Å²) < 4.78 is 1.86. The highest BCUT2D eigenvalue weighted by atomic mass is 16.1. The molecular formula is C11H19N3O. The van der Waals surface area contributed by atoms with Crippen LogP contribution in [0.25, 0.3) is 0 Å². The van der Waals surface area contributed by atoms with Gasteiger partial charge in [-0.15, -0.1) is 5.10 Å². The first kappa shape index (κ1) is 11.9. The Kier molecular flexibility index (Phi) is 4.00. The molecule has 1 aromatic heterocycles. The molecule has 0 aliphatic carbocycles. The van der Waals surface area contributed by atoms with Crippen molar-refractivity contribution in [2.24, 2.45) is 0 Å². The average Bonchev–Trinajstić information content (AvgIpc) is 2.64. The molecule has 0 aromatic carbocycles. The number of carbonyl (C=O) groups is 1. The standard InChI is InChI=1S/C11H19N3O/c1-5-9(6-2)11-10(7-15)12-13-14(11)8(3)4/h7-9H,5-6H2,1-4H3. The lowest BCUT2D eigenvalue weighted by Crippen LogP contribution is -2.12. The van der Waals surface area contributed by atoms with Gasteiger partial charge in [-0.2, -0.15) is 0 Å². The van der Waals surface area contributed by atoms with E-state index in [1.807, 2.05) is 4.68 Å². The largest absolute Gasteiger partial charge is 0.296 e. The first-order valence-corrected chi connectivity index (χ1v) is 5.55. The fourth-order valence-electron chi connectivity index (χ4n) is 1.85. The molecule has 1 heterocycles. The number of aromatic nitrogens is 3. The van der Waals surface area contributed by atoms with Gasteiger partial charge in [0.15, 0.2) is 6.29 Å². The van der Waals surface area contributed by atoms with E-state index in [9.17, 15) is 4.79 Å². The molecule has 0 unspecified atom stereocenters. The predicted octanol–water partition coefficient (Wildman–Crippen LogP) is 2.58. The van der Waals surface area contributed by atoms with Crippen molar-refractivity contribution < 1.29 is 4.79 Å². The lowest BCUT2D eigenvalue weighted by atomic mass is 9.97. The third-order valence-corrected chi connectivity index (χ3v) is 2.73. The molecule has 0 aliphatic rings. The maximum atomic E-state index is 10.9. The summed E-state index contributed by atoms with van der Waals surface area (Å²) in [5, 5.41) is 7.96. The van der Waals surface area contributed by atoms with Gasteiger partial charge in [0.2, 0.25) is 0 Å². The lowest BCUT2D eigenvalue weighted by Gasteiger charge is -2.16. The summed E-state index contributed by atoms with van der Waals surface area (Å²) in [6.45, 7) is 8.35. The number of carbonyl (C=O) groups excluding carboxylic acids is 1. The zero-order valence-electron chi connectivity index (χ0n) is 9.90. The molecule has 0 atom stereocenters. The van der Waals surface area contributed by atoms with E-state index < -0.39 is 0 Å². The molecule has 1 rings (SSSR count). The fraction of sp³-hybridized carbons (Fsp3) is 0.727. The summed E-state index contributed by atoms with van der Waals surface area (Å²) in [5.41, 5.74) is 1.49. The van der Waals surface area contributed by atoms with Crippen molar-refractivity contribution in [2.75, 3.05) is 0 Å². The Balaban J connectivity index is 3.20. The number of hydrogen-bond acceptors (Lipinski definition) is 3. The van der Waals surface area contributed by atoms with E-state index in [4.69, 9.17) is 0 Å². The molecule has 4 heteroatoms. The monoisotopic (exact) mass is 209 g/mol. The number of hydrogen-bond donors (Lipinski definition) is 0. The minimum Gasteiger partial charge on any atom is -0.296 e. The summed E-state index contributed by atoms with van der Waals surface area (Å²) in [4.78, 5) is 10.9. The molecular weight excluding hydrogens is 190 g/mol. The van der Waals surface area contributed by atoms with Gasteiger partial charge >= 0.3 is 0 Å². The molecule has 0 fully saturated rings. The van der Waals surface area contributed by atoms with Crippen LogP contribution in [0.2, 0.25) is 0 Å². The second kappa shape index (κ2) is 5.05. The van der Waals surface area contributed by atoms with Crippen molar-refractivity contribution in [3.8, 4) is 0 Å². The Morgan fingerprint density at radius 2 is 1.93 bits per heavy atom. The van der Waals surface area contributed by atoms with Crippen molar-refractivity contribution >= 4 is 6.29 Å². The number of nitrogens with zero attached hydrogens (tertiary/aromatic N) is 3. The van der Waals surface area contributed by atoms with Gasteiger partial charge in [0.25, 0.3) is 0 Å². The molecule has 0 saturated carbocycles. The molecule has 1 aromatic rings. The normalized spacial score (nSPS) is 11.3. The van der Waals surface area contributed by atoms with Crippen LogP contribution in [-0.4, -0.2) is 21.3 Å². The van der Waals surface area contributed by atoms with E-state index >= 15 is 0 Å². The third-order valence-electron chi connectivity index (χ3n) is 2.73. The van der Waals surface area contributed by atoms with Crippen LogP contribution >= 0.6 is 0 Å². The Morgan fingerprint density at radius 3 is 2.33 bits per heavy atom. The molecule has 84 valence electrons. The highest BCUT2D eigenvalue weighted by Crippen LogP contribution is 2.26. The molecule has 4 nitrogen and oxygen atoms in total. The lowest BCUT2D eigenvalue weighted by molar-refractivity contribution is 0.111. The molecule has 0 bridgehead atoms. The molecule has 0 spiro atoms. The van der Waals surface area contributed by atoms with E-state index in [0.717, 1.165) is 24.8 Å². The van der Waals surface area contributed by atoms with Crippen molar-refractivity contribution in [2.45, 2.75) is 52.5 Å². The van der Waals surface area contributed by atoms with Crippen LogP contribution in [0.4, 0.5) is 0 Å². The van der Waals surface area contributed by atoms with E-state index in [1.165, 1.54) is 0 Å². The van der Waals surface area contributed by atoms with Crippen LogP contribution in [0, 0.1) is 0 Å². The topological polar surface area (TPSA) is 47.8 Å². The summed E-state index contributed by atoms with van der Waals surface area (Å²) in [6.07, 6.45) is 2.83. The highest BCUT2D eigenvalue weighted by molar-refractivity contribution is 5.73. The van der Waals surface area contributed by atoms with Crippen molar-refractivity contribution in [1.82, 2.24) is 15.0 Å². The summed E-state index contributed by atoms with van der Waals surface area (Å²) in [5.74, 6) is 0.377. The Bertz CT molecular complexity index is 327. The zero-order valence-corrected chi connectivity index (χ0v) is 9.90. The minimum atomic E-state index is 0.252. The van der Waals surface area contributed by atoms with Crippen LogP contribution in [0.15, 0.2) is 0 Å². The predicted molar refractivity (Wildman–Crippen MR) is 59.1 cm³/mol. The number of aldehydes is 1. The maximum absolute atomic E-state index is 10.9. The molecule has 0 amide bonds. The zero-order chi connectivity index (χ0) is 11.4. The third kappa shape index (κ3) is 2.25. The second-order valence-corrected chi connectivity index (χ2v) is 4.03. The Hall–Kier alpha value is -1.19. The molecule has 0 aliphatic heterocycles. The summed E-state index contributed by atoms with van der Waals surface area (Å²) in [7, 11) is 0. The van der Waals surface area contributed by atoms with Crippen LogP contribution < -0.4 is 0 Å². The van der Waals surface area contributed by atoms with Gasteiger partial charge in [0.05, 0.1) is 5.69 Å². The van der Waals surface area contributed by atoms with Crippen LogP contribution in [0.5, 0.6) is 0 Å². The first-order valence-electron chi connectivity index (χ1n) is 5.55. The van der Waals surface area contributed by atoms with Crippen LogP contribution in [0.3, 0.4) is 0 Å². The SMILES string of the molecule is CCC(CC)c1c(C=O)nnn1C(C)C. The van der Waals surface area contributed by atoms with E-state index in [2.05, 4.69) is 38.0 Å². The second-order valence-electron chi connectivity index (χ2n) is 4.03. The van der Waals surface area contributed by atoms with E-state index in [1.54, 1.807) is 0 Å². The fourth-order valence-corrected chi connectivity index (χ4v) is 1.85. The first-order chi connectivity index (χ1) is 7.15. The Labute approximate surface area is 90.7 Å². The highest BCUT2D eigenvalue weighted by Gasteiger charge is 2.20. The summed E-state index contributed by atoms with van der Waals surface area (Å²) in [6, 6.07) is 0.252. The van der Waals surface area contributed by atoms with Gasteiger partial charge in [-0.1, -0.05) is 19.1 Å². The quantitative estimate of drug-likeness (QED) is 0.700. The molecule has 0 saturated heterocycles. The molecule has 0 N–H and O–H groups in total. The van der Waals surface area contributed by atoms with Crippen LogP contribution in [0.1, 0.15) is 68.7 Å². The van der Waals surface area contributed by atoms with Gasteiger partial charge in [-0.3, -0.25) is 4.79 Å². The van der Waals surface area contributed by atoms with Gasteiger partial charge in [-0.05, 0) is 26.7 Å².